The Morgan fingerprint density at radius 2 is 1.50 bits per heavy atom. The van der Waals surface area contributed by atoms with Crippen LogP contribution in [0.25, 0.3) is 11.1 Å². The first kappa shape index (κ1) is 19.8. The van der Waals surface area contributed by atoms with Gasteiger partial charge in [0, 0.05) is 37.4 Å². The standard InChI is InChI=1S/C25H26N2O3/c1-29-22-13-11-21(12-14-22)26-15-17-27(18-16-26)25(28)19-30-24-10-6-5-9-23(24)20-7-3-2-4-8-20/h2-14H,15-19H2,1H3. The van der Waals surface area contributed by atoms with Crippen molar-refractivity contribution in [1.82, 2.24) is 4.90 Å². The molecule has 0 aliphatic carbocycles. The Kier molecular flexibility index (Phi) is 6.18. The number of ether oxygens (including phenoxy) is 2. The summed E-state index contributed by atoms with van der Waals surface area (Å²) in [6.45, 7) is 3.03. The van der Waals surface area contributed by atoms with Crippen LogP contribution in [0.15, 0.2) is 78.9 Å². The van der Waals surface area contributed by atoms with Crippen LogP contribution in [0.3, 0.4) is 0 Å². The van der Waals surface area contributed by atoms with Crippen molar-refractivity contribution in [3.8, 4) is 22.6 Å². The zero-order valence-electron chi connectivity index (χ0n) is 17.2. The zero-order valence-corrected chi connectivity index (χ0v) is 17.2. The molecule has 0 aromatic heterocycles. The molecule has 5 heteroatoms. The van der Waals surface area contributed by atoms with Crippen molar-refractivity contribution < 1.29 is 14.3 Å². The van der Waals surface area contributed by atoms with Crippen molar-refractivity contribution >= 4 is 11.6 Å². The van der Waals surface area contributed by atoms with Gasteiger partial charge in [0.05, 0.1) is 7.11 Å². The van der Waals surface area contributed by atoms with Crippen LogP contribution in [0.4, 0.5) is 5.69 Å². The number of carbonyl (C=O) groups excluding carboxylic acids is 1. The summed E-state index contributed by atoms with van der Waals surface area (Å²) in [6.07, 6.45) is 0. The average Bonchev–Trinajstić information content (AvgIpc) is 2.83. The number of methoxy groups -OCH3 is 1. The molecule has 0 N–H and O–H groups in total. The normalized spacial score (nSPS) is 13.8. The second kappa shape index (κ2) is 9.35. The third kappa shape index (κ3) is 4.57. The summed E-state index contributed by atoms with van der Waals surface area (Å²) in [5, 5.41) is 0. The summed E-state index contributed by atoms with van der Waals surface area (Å²) in [5.41, 5.74) is 3.22. The van der Waals surface area contributed by atoms with E-state index in [0.29, 0.717) is 13.1 Å². The van der Waals surface area contributed by atoms with Crippen LogP contribution in [-0.2, 0) is 4.79 Å². The summed E-state index contributed by atoms with van der Waals surface area (Å²) in [7, 11) is 1.67. The van der Waals surface area contributed by atoms with Crippen molar-refractivity contribution in [1.29, 1.82) is 0 Å². The van der Waals surface area contributed by atoms with Crippen LogP contribution in [0.2, 0.25) is 0 Å². The summed E-state index contributed by atoms with van der Waals surface area (Å²) in [4.78, 5) is 16.9. The van der Waals surface area contributed by atoms with Gasteiger partial charge in [0.1, 0.15) is 11.5 Å². The van der Waals surface area contributed by atoms with Gasteiger partial charge in [-0.1, -0.05) is 48.5 Å². The fourth-order valence-electron chi connectivity index (χ4n) is 3.69. The molecule has 3 aromatic rings. The molecule has 1 saturated heterocycles. The number of hydrogen-bond donors (Lipinski definition) is 0. The molecule has 0 saturated carbocycles. The summed E-state index contributed by atoms with van der Waals surface area (Å²) in [6, 6.07) is 26.0. The molecule has 0 atom stereocenters. The summed E-state index contributed by atoms with van der Waals surface area (Å²) in [5.74, 6) is 1.60. The highest BCUT2D eigenvalue weighted by atomic mass is 16.5. The number of carbonyl (C=O) groups is 1. The highest BCUT2D eigenvalue weighted by molar-refractivity contribution is 5.79. The van der Waals surface area contributed by atoms with Crippen molar-refractivity contribution in [2.45, 2.75) is 0 Å². The SMILES string of the molecule is COc1ccc(N2CCN(C(=O)COc3ccccc3-c3ccccc3)CC2)cc1. The quantitative estimate of drug-likeness (QED) is 0.623. The fraction of sp³-hybridized carbons (Fsp3) is 0.240. The predicted octanol–water partition coefficient (Wildman–Crippen LogP) is 4.09. The Bertz CT molecular complexity index is 965. The first-order valence-corrected chi connectivity index (χ1v) is 10.2. The predicted molar refractivity (Wildman–Crippen MR) is 119 cm³/mol. The molecule has 1 aliphatic heterocycles. The van der Waals surface area contributed by atoms with Crippen LogP contribution in [0, 0.1) is 0 Å². The van der Waals surface area contributed by atoms with E-state index < -0.39 is 0 Å². The molecular weight excluding hydrogens is 376 g/mol. The van der Waals surface area contributed by atoms with E-state index in [9.17, 15) is 4.79 Å². The van der Waals surface area contributed by atoms with Gasteiger partial charge in [-0.15, -0.1) is 0 Å². The number of benzene rings is 3. The van der Waals surface area contributed by atoms with E-state index in [0.717, 1.165) is 41.4 Å². The maximum Gasteiger partial charge on any atom is 0.260 e. The second-order valence-corrected chi connectivity index (χ2v) is 7.22. The van der Waals surface area contributed by atoms with E-state index in [-0.39, 0.29) is 12.5 Å². The third-order valence-electron chi connectivity index (χ3n) is 5.39. The van der Waals surface area contributed by atoms with Crippen molar-refractivity contribution in [3.05, 3.63) is 78.9 Å². The van der Waals surface area contributed by atoms with Gasteiger partial charge in [0.15, 0.2) is 6.61 Å². The molecule has 3 aromatic carbocycles. The molecule has 4 rings (SSSR count). The monoisotopic (exact) mass is 402 g/mol. The van der Waals surface area contributed by atoms with Gasteiger partial charge in [-0.3, -0.25) is 4.79 Å². The molecule has 1 heterocycles. The fourth-order valence-corrected chi connectivity index (χ4v) is 3.69. The number of para-hydroxylation sites is 1. The zero-order chi connectivity index (χ0) is 20.8. The Morgan fingerprint density at radius 3 is 2.20 bits per heavy atom. The van der Waals surface area contributed by atoms with Gasteiger partial charge in [-0.2, -0.15) is 0 Å². The maximum atomic E-state index is 12.7. The Morgan fingerprint density at radius 1 is 0.833 bits per heavy atom. The molecule has 154 valence electrons. The van der Waals surface area contributed by atoms with Crippen molar-refractivity contribution in [2.75, 3.05) is 44.8 Å². The Hall–Kier alpha value is -3.47. The van der Waals surface area contributed by atoms with Gasteiger partial charge < -0.3 is 19.3 Å². The molecular formula is C25H26N2O3. The van der Waals surface area contributed by atoms with E-state index in [1.165, 1.54) is 0 Å². The van der Waals surface area contributed by atoms with E-state index in [1.807, 2.05) is 71.6 Å². The number of piperazine rings is 1. The lowest BCUT2D eigenvalue weighted by Gasteiger charge is -2.36. The summed E-state index contributed by atoms with van der Waals surface area (Å²) < 4.78 is 11.1. The van der Waals surface area contributed by atoms with Crippen molar-refractivity contribution in [3.63, 3.8) is 0 Å². The molecule has 0 bridgehead atoms. The maximum absolute atomic E-state index is 12.7. The smallest absolute Gasteiger partial charge is 0.260 e. The largest absolute Gasteiger partial charge is 0.497 e. The first-order chi connectivity index (χ1) is 14.7. The molecule has 30 heavy (non-hydrogen) atoms. The molecule has 1 fully saturated rings. The lowest BCUT2D eigenvalue weighted by molar-refractivity contribution is -0.133. The Balaban J connectivity index is 1.33. The lowest BCUT2D eigenvalue weighted by atomic mass is 10.1. The topological polar surface area (TPSA) is 42.0 Å². The number of hydrogen-bond acceptors (Lipinski definition) is 4. The summed E-state index contributed by atoms with van der Waals surface area (Å²) >= 11 is 0. The van der Waals surface area contributed by atoms with E-state index in [4.69, 9.17) is 9.47 Å². The Labute approximate surface area is 177 Å². The van der Waals surface area contributed by atoms with Gasteiger partial charge in [0.2, 0.25) is 0 Å². The highest BCUT2D eigenvalue weighted by Crippen LogP contribution is 2.29. The number of anilines is 1. The number of nitrogens with zero attached hydrogens (tertiary/aromatic N) is 2. The van der Waals surface area contributed by atoms with Crippen LogP contribution in [0.5, 0.6) is 11.5 Å². The van der Waals surface area contributed by atoms with Crippen molar-refractivity contribution in [2.24, 2.45) is 0 Å². The minimum absolute atomic E-state index is 0.0206. The number of rotatable bonds is 6. The number of amides is 1. The molecule has 0 radical (unpaired) electrons. The van der Waals surface area contributed by atoms with Gasteiger partial charge in [-0.25, -0.2) is 0 Å². The van der Waals surface area contributed by atoms with Crippen LogP contribution in [-0.4, -0.2) is 50.7 Å². The molecule has 0 unspecified atom stereocenters. The average molecular weight is 402 g/mol. The van der Waals surface area contributed by atoms with Gasteiger partial charge in [-0.05, 0) is 35.9 Å². The van der Waals surface area contributed by atoms with E-state index >= 15 is 0 Å². The minimum atomic E-state index is 0.0206. The highest BCUT2D eigenvalue weighted by Gasteiger charge is 2.22. The molecule has 1 amide bonds. The molecule has 0 spiro atoms. The van der Waals surface area contributed by atoms with Gasteiger partial charge in [0.25, 0.3) is 5.91 Å². The second-order valence-electron chi connectivity index (χ2n) is 7.22. The van der Waals surface area contributed by atoms with Gasteiger partial charge >= 0.3 is 0 Å². The van der Waals surface area contributed by atoms with Crippen LogP contribution >= 0.6 is 0 Å². The van der Waals surface area contributed by atoms with E-state index in [1.54, 1.807) is 7.11 Å². The lowest BCUT2D eigenvalue weighted by Crippen LogP contribution is -2.50. The van der Waals surface area contributed by atoms with Crippen LogP contribution in [0.1, 0.15) is 0 Å². The molecule has 1 aliphatic rings. The van der Waals surface area contributed by atoms with Crippen LogP contribution < -0.4 is 14.4 Å². The minimum Gasteiger partial charge on any atom is -0.497 e. The first-order valence-electron chi connectivity index (χ1n) is 10.2. The van der Waals surface area contributed by atoms with E-state index in [2.05, 4.69) is 17.0 Å². The third-order valence-corrected chi connectivity index (χ3v) is 5.39. The molecule has 5 nitrogen and oxygen atoms in total.